The van der Waals surface area contributed by atoms with Crippen LogP contribution < -0.4 is 16.4 Å². The minimum atomic E-state index is -0.139. The van der Waals surface area contributed by atoms with Gasteiger partial charge in [-0.3, -0.25) is 4.79 Å². The topological polar surface area (TPSA) is 67.2 Å². The van der Waals surface area contributed by atoms with Gasteiger partial charge in [-0.1, -0.05) is 36.4 Å². The van der Waals surface area contributed by atoms with Crippen molar-refractivity contribution in [3.8, 4) is 0 Å². The van der Waals surface area contributed by atoms with Crippen LogP contribution in [0.15, 0.2) is 60.7 Å². The van der Waals surface area contributed by atoms with Gasteiger partial charge in [0.1, 0.15) is 0 Å². The molecule has 0 heterocycles. The first-order valence-electron chi connectivity index (χ1n) is 8.00. The van der Waals surface area contributed by atoms with Gasteiger partial charge in [-0.25, -0.2) is 0 Å². The van der Waals surface area contributed by atoms with Crippen LogP contribution in [0.4, 0.5) is 17.1 Å². The van der Waals surface area contributed by atoms with Crippen molar-refractivity contribution < 1.29 is 4.79 Å². The van der Waals surface area contributed by atoms with E-state index in [9.17, 15) is 4.79 Å². The van der Waals surface area contributed by atoms with Crippen LogP contribution in [0.2, 0.25) is 0 Å². The highest BCUT2D eigenvalue weighted by molar-refractivity contribution is 6.03. The quantitative estimate of drug-likeness (QED) is 0.628. The Kier molecular flexibility index (Phi) is 4.38. The lowest BCUT2D eigenvalue weighted by Crippen LogP contribution is -2.30. The molecule has 0 aliphatic carbocycles. The summed E-state index contributed by atoms with van der Waals surface area (Å²) in [6.45, 7) is 3.87. The molecule has 3 aromatic rings. The number of carbonyl (C=O) groups excluding carboxylic acids is 1. The summed E-state index contributed by atoms with van der Waals surface area (Å²) in [5, 5.41) is 8.54. The summed E-state index contributed by atoms with van der Waals surface area (Å²) in [6.07, 6.45) is 0. The molecule has 0 fully saturated rings. The van der Waals surface area contributed by atoms with Crippen LogP contribution >= 0.6 is 0 Å². The van der Waals surface area contributed by atoms with Gasteiger partial charge in [0.2, 0.25) is 0 Å². The SMILES string of the molecule is CC(C)NC(=O)c1cc(N)ccc1Nc1cccc2ccccc12. The maximum Gasteiger partial charge on any atom is 0.253 e. The molecule has 122 valence electrons. The van der Waals surface area contributed by atoms with Gasteiger partial charge in [-0.05, 0) is 43.5 Å². The van der Waals surface area contributed by atoms with Crippen molar-refractivity contribution in [1.82, 2.24) is 5.32 Å². The Bertz CT molecular complexity index is 882. The van der Waals surface area contributed by atoms with Crippen molar-refractivity contribution in [1.29, 1.82) is 0 Å². The number of rotatable bonds is 4. The zero-order chi connectivity index (χ0) is 17.1. The Labute approximate surface area is 141 Å². The van der Waals surface area contributed by atoms with Gasteiger partial charge < -0.3 is 16.4 Å². The second-order valence-electron chi connectivity index (χ2n) is 6.08. The maximum absolute atomic E-state index is 12.5. The number of hydrogen-bond donors (Lipinski definition) is 3. The fourth-order valence-electron chi connectivity index (χ4n) is 2.68. The zero-order valence-corrected chi connectivity index (χ0v) is 13.8. The molecule has 4 nitrogen and oxygen atoms in total. The third kappa shape index (κ3) is 3.33. The number of amides is 1. The maximum atomic E-state index is 12.5. The number of nitrogens with one attached hydrogen (secondary N) is 2. The largest absolute Gasteiger partial charge is 0.399 e. The van der Waals surface area contributed by atoms with Gasteiger partial charge in [0.05, 0.1) is 11.3 Å². The van der Waals surface area contributed by atoms with Crippen molar-refractivity contribution in [2.45, 2.75) is 19.9 Å². The molecule has 0 radical (unpaired) electrons. The second-order valence-corrected chi connectivity index (χ2v) is 6.08. The van der Waals surface area contributed by atoms with Crippen molar-refractivity contribution in [3.63, 3.8) is 0 Å². The monoisotopic (exact) mass is 319 g/mol. The van der Waals surface area contributed by atoms with Crippen LogP contribution in [0.1, 0.15) is 24.2 Å². The standard InChI is InChI=1S/C20H21N3O/c1-13(2)22-20(24)17-12-15(21)10-11-19(17)23-18-9-5-7-14-6-3-4-8-16(14)18/h3-13,23H,21H2,1-2H3,(H,22,24). The number of benzene rings is 3. The Morgan fingerprint density at radius 2 is 1.71 bits per heavy atom. The van der Waals surface area contributed by atoms with E-state index < -0.39 is 0 Å². The normalized spacial score (nSPS) is 10.8. The molecule has 0 unspecified atom stereocenters. The van der Waals surface area contributed by atoms with Gasteiger partial charge in [-0.15, -0.1) is 0 Å². The van der Waals surface area contributed by atoms with Crippen LogP contribution in [0, 0.1) is 0 Å². The summed E-state index contributed by atoms with van der Waals surface area (Å²) in [5.41, 5.74) is 8.66. The third-order valence-corrected chi connectivity index (χ3v) is 3.77. The molecule has 0 saturated heterocycles. The minimum Gasteiger partial charge on any atom is -0.399 e. The number of anilines is 3. The lowest BCUT2D eigenvalue weighted by molar-refractivity contribution is 0.0944. The summed E-state index contributed by atoms with van der Waals surface area (Å²) < 4.78 is 0. The van der Waals surface area contributed by atoms with Crippen molar-refractivity contribution in [2.75, 3.05) is 11.1 Å². The van der Waals surface area contributed by atoms with E-state index in [0.717, 1.165) is 22.1 Å². The minimum absolute atomic E-state index is 0.0596. The van der Waals surface area contributed by atoms with Gasteiger partial charge in [0, 0.05) is 22.8 Å². The van der Waals surface area contributed by atoms with E-state index in [-0.39, 0.29) is 11.9 Å². The first-order chi connectivity index (χ1) is 11.5. The van der Waals surface area contributed by atoms with Gasteiger partial charge in [0.15, 0.2) is 0 Å². The molecule has 0 spiro atoms. The van der Waals surface area contributed by atoms with Crippen molar-refractivity contribution >= 4 is 33.7 Å². The molecule has 4 N–H and O–H groups in total. The lowest BCUT2D eigenvalue weighted by atomic mass is 10.1. The molecule has 0 bridgehead atoms. The number of nitrogen functional groups attached to an aromatic ring is 1. The summed E-state index contributed by atoms with van der Waals surface area (Å²) >= 11 is 0. The number of carbonyl (C=O) groups is 1. The highest BCUT2D eigenvalue weighted by atomic mass is 16.1. The van der Waals surface area contributed by atoms with E-state index >= 15 is 0 Å². The van der Waals surface area contributed by atoms with Crippen LogP contribution in [-0.4, -0.2) is 11.9 Å². The van der Waals surface area contributed by atoms with Crippen LogP contribution in [0.3, 0.4) is 0 Å². The summed E-state index contributed by atoms with van der Waals surface area (Å²) in [5.74, 6) is -0.139. The third-order valence-electron chi connectivity index (χ3n) is 3.77. The number of hydrogen-bond acceptors (Lipinski definition) is 3. The van der Waals surface area contributed by atoms with E-state index in [1.807, 2.05) is 44.2 Å². The molecule has 1 amide bonds. The molecule has 0 saturated carbocycles. The van der Waals surface area contributed by atoms with Crippen LogP contribution in [0.25, 0.3) is 10.8 Å². The van der Waals surface area contributed by atoms with E-state index in [2.05, 4.69) is 28.8 Å². The molecular weight excluding hydrogens is 298 g/mol. The highest BCUT2D eigenvalue weighted by Crippen LogP contribution is 2.29. The zero-order valence-electron chi connectivity index (χ0n) is 13.8. The predicted octanol–water partition coefficient (Wildman–Crippen LogP) is 4.30. The summed E-state index contributed by atoms with van der Waals surface area (Å²) in [6, 6.07) is 19.6. The average Bonchev–Trinajstić information content (AvgIpc) is 2.56. The lowest BCUT2D eigenvalue weighted by Gasteiger charge is -2.16. The molecule has 0 aromatic heterocycles. The Morgan fingerprint density at radius 1 is 0.958 bits per heavy atom. The average molecular weight is 319 g/mol. The second kappa shape index (κ2) is 6.62. The van der Waals surface area contributed by atoms with Gasteiger partial charge in [0.25, 0.3) is 5.91 Å². The highest BCUT2D eigenvalue weighted by Gasteiger charge is 2.14. The first kappa shape index (κ1) is 15.9. The molecule has 3 aromatic carbocycles. The van der Waals surface area contributed by atoms with E-state index in [0.29, 0.717) is 11.3 Å². The number of fused-ring (bicyclic) bond motifs is 1. The fraction of sp³-hybridized carbons (Fsp3) is 0.150. The van der Waals surface area contributed by atoms with E-state index in [1.165, 1.54) is 0 Å². The summed E-state index contributed by atoms with van der Waals surface area (Å²) in [7, 11) is 0. The Balaban J connectivity index is 2.02. The Morgan fingerprint density at radius 3 is 2.50 bits per heavy atom. The van der Waals surface area contributed by atoms with Crippen molar-refractivity contribution in [2.24, 2.45) is 0 Å². The van der Waals surface area contributed by atoms with E-state index in [1.54, 1.807) is 12.1 Å². The summed E-state index contributed by atoms with van der Waals surface area (Å²) in [4.78, 5) is 12.5. The molecule has 4 heteroatoms. The molecule has 0 aliphatic rings. The van der Waals surface area contributed by atoms with Gasteiger partial charge in [-0.2, -0.15) is 0 Å². The van der Waals surface area contributed by atoms with E-state index in [4.69, 9.17) is 5.73 Å². The molecule has 3 rings (SSSR count). The smallest absolute Gasteiger partial charge is 0.253 e. The molecule has 0 aliphatic heterocycles. The molecular formula is C20H21N3O. The predicted molar refractivity (Wildman–Crippen MR) is 101 cm³/mol. The molecule has 0 atom stereocenters. The first-order valence-corrected chi connectivity index (χ1v) is 8.00. The van der Waals surface area contributed by atoms with Crippen LogP contribution in [-0.2, 0) is 0 Å². The fourth-order valence-corrected chi connectivity index (χ4v) is 2.68. The Hall–Kier alpha value is -3.01. The van der Waals surface area contributed by atoms with Crippen LogP contribution in [0.5, 0.6) is 0 Å². The number of nitrogens with two attached hydrogens (primary N) is 1. The van der Waals surface area contributed by atoms with Gasteiger partial charge >= 0.3 is 0 Å². The van der Waals surface area contributed by atoms with Crippen molar-refractivity contribution in [3.05, 3.63) is 66.2 Å². The molecule has 24 heavy (non-hydrogen) atoms.